The van der Waals surface area contributed by atoms with E-state index in [0.29, 0.717) is 0 Å². The fraction of sp³-hybridized carbons (Fsp3) is 0.276. The van der Waals surface area contributed by atoms with Gasteiger partial charge in [-0.1, -0.05) is 24.3 Å². The molecule has 0 amide bonds. The van der Waals surface area contributed by atoms with Gasteiger partial charge in [0.1, 0.15) is 22.5 Å². The number of thiophene rings is 1. The Morgan fingerprint density at radius 1 is 0.971 bits per heavy atom. The number of carbonyl (C=O) groups is 1. The average molecular weight is 476 g/mol. The summed E-state index contributed by atoms with van der Waals surface area (Å²) in [6, 6.07) is 21.2. The van der Waals surface area contributed by atoms with Crippen LogP contribution in [-0.2, 0) is 15.1 Å². The Labute approximate surface area is 202 Å². The highest BCUT2D eigenvalue weighted by atomic mass is 32.2. The van der Waals surface area contributed by atoms with Gasteiger partial charge in [0, 0.05) is 34.1 Å². The lowest BCUT2D eigenvalue weighted by atomic mass is 9.92. The number of hydrogen-bond donors (Lipinski definition) is 0. The standard InChI is InChI=1S/C29H28FO3S/c1-20-17-25(34-16-13-22-7-3-4-8-26(22)34)18-21(2)28(20)32-19-27(31)33-29(14-5-6-15-29)23-9-11-24(30)12-10-23/h3-4,7-13,16-18H,5-6,14-15,19H2,1-2H3/q+1. The first-order chi connectivity index (χ1) is 16.4. The van der Waals surface area contributed by atoms with Gasteiger partial charge < -0.3 is 9.47 Å². The van der Waals surface area contributed by atoms with Crippen LogP contribution < -0.4 is 4.74 Å². The number of ether oxygens (including phenoxy) is 2. The van der Waals surface area contributed by atoms with Gasteiger partial charge in [-0.05, 0) is 80.5 Å². The minimum absolute atomic E-state index is 0.0935. The van der Waals surface area contributed by atoms with E-state index in [0.717, 1.165) is 48.1 Å². The van der Waals surface area contributed by atoms with Crippen molar-refractivity contribution in [2.75, 3.05) is 6.61 Å². The van der Waals surface area contributed by atoms with Crippen molar-refractivity contribution in [2.24, 2.45) is 0 Å². The van der Waals surface area contributed by atoms with Gasteiger partial charge in [0.05, 0.1) is 0 Å². The van der Waals surface area contributed by atoms with Crippen LogP contribution in [-0.4, -0.2) is 12.6 Å². The van der Waals surface area contributed by atoms with E-state index in [2.05, 4.69) is 47.8 Å². The Bertz CT molecular complexity index is 1310. The first-order valence-electron chi connectivity index (χ1n) is 11.7. The third kappa shape index (κ3) is 4.32. The molecule has 0 spiro atoms. The maximum Gasteiger partial charge on any atom is 0.345 e. The summed E-state index contributed by atoms with van der Waals surface area (Å²) in [5.74, 6) is 0.0322. The molecule has 174 valence electrons. The van der Waals surface area contributed by atoms with E-state index in [-0.39, 0.29) is 22.9 Å². The number of carbonyl (C=O) groups excluding carboxylic acids is 1. The number of benzene rings is 3. The van der Waals surface area contributed by atoms with Crippen molar-refractivity contribution in [3.8, 4) is 10.6 Å². The van der Waals surface area contributed by atoms with Gasteiger partial charge in [-0.15, -0.1) is 0 Å². The smallest absolute Gasteiger partial charge is 0.345 e. The van der Waals surface area contributed by atoms with Crippen molar-refractivity contribution in [3.63, 3.8) is 0 Å². The minimum atomic E-state index is -0.689. The lowest BCUT2D eigenvalue weighted by Crippen LogP contribution is -2.32. The molecule has 5 rings (SSSR count). The molecular weight excluding hydrogens is 447 g/mol. The van der Waals surface area contributed by atoms with Crippen LogP contribution in [0.2, 0.25) is 0 Å². The molecule has 1 heterocycles. The molecular formula is C29H28FO3S+. The molecule has 5 heteroatoms. The van der Waals surface area contributed by atoms with Crippen molar-refractivity contribution in [1.29, 1.82) is 0 Å². The molecule has 1 aromatic heterocycles. The number of fused-ring (bicyclic) bond motifs is 1. The molecule has 3 aromatic carbocycles. The molecule has 1 aliphatic rings. The van der Waals surface area contributed by atoms with Gasteiger partial charge in [-0.2, -0.15) is 0 Å². The summed E-state index contributed by atoms with van der Waals surface area (Å²) in [5.41, 5.74) is 2.16. The number of aryl methyl sites for hydroxylation is 2. The van der Waals surface area contributed by atoms with E-state index in [1.807, 2.05) is 13.8 Å². The van der Waals surface area contributed by atoms with Gasteiger partial charge >= 0.3 is 5.97 Å². The van der Waals surface area contributed by atoms with E-state index in [1.165, 1.54) is 27.1 Å². The van der Waals surface area contributed by atoms with Crippen LogP contribution in [0.25, 0.3) is 15.0 Å². The van der Waals surface area contributed by atoms with Gasteiger partial charge in [0.15, 0.2) is 16.2 Å². The zero-order valence-corrected chi connectivity index (χ0v) is 20.3. The molecule has 1 atom stereocenters. The predicted octanol–water partition coefficient (Wildman–Crippen LogP) is 7.73. The average Bonchev–Trinajstić information content (AvgIpc) is 3.47. The molecule has 1 aliphatic carbocycles. The van der Waals surface area contributed by atoms with E-state index >= 15 is 0 Å². The minimum Gasteiger partial charge on any atom is -0.481 e. The van der Waals surface area contributed by atoms with Gasteiger partial charge in [-0.25, -0.2) is 9.18 Å². The first-order valence-corrected chi connectivity index (χ1v) is 13.0. The van der Waals surface area contributed by atoms with Crippen molar-refractivity contribution >= 4 is 26.5 Å². The fourth-order valence-electron chi connectivity index (χ4n) is 5.03. The number of hydrogen-bond acceptors (Lipinski definition) is 3. The maximum atomic E-state index is 13.4. The fourth-order valence-corrected chi connectivity index (χ4v) is 7.09. The van der Waals surface area contributed by atoms with Crippen molar-refractivity contribution in [2.45, 2.75) is 45.1 Å². The second-order valence-corrected chi connectivity index (χ2v) is 10.9. The van der Waals surface area contributed by atoms with Crippen LogP contribution in [0, 0.1) is 19.7 Å². The SMILES string of the molecule is Cc1cc(-[s+]2ccc3ccccc32)cc(C)c1OCC(=O)OC1(c2ccc(F)cc2)CCCC1. The van der Waals surface area contributed by atoms with E-state index in [9.17, 15) is 9.18 Å². The van der Waals surface area contributed by atoms with Gasteiger partial charge in [0.2, 0.25) is 0 Å². The Kier molecular flexibility index (Phi) is 6.13. The zero-order valence-electron chi connectivity index (χ0n) is 19.5. The second kappa shape index (κ2) is 9.22. The molecule has 0 radical (unpaired) electrons. The van der Waals surface area contributed by atoms with E-state index in [1.54, 1.807) is 12.1 Å². The largest absolute Gasteiger partial charge is 0.481 e. The summed E-state index contributed by atoms with van der Waals surface area (Å²) in [6.07, 6.45) is 3.44. The van der Waals surface area contributed by atoms with Crippen LogP contribution in [0.5, 0.6) is 5.75 Å². The highest BCUT2D eigenvalue weighted by molar-refractivity contribution is 7.43. The molecule has 1 saturated carbocycles. The third-order valence-corrected chi connectivity index (χ3v) is 8.65. The zero-order chi connectivity index (χ0) is 23.7. The molecule has 1 fully saturated rings. The molecule has 4 aromatic rings. The second-order valence-electron chi connectivity index (χ2n) is 9.04. The quantitative estimate of drug-likeness (QED) is 0.211. The van der Waals surface area contributed by atoms with Gasteiger partial charge in [0.25, 0.3) is 0 Å². The van der Waals surface area contributed by atoms with Crippen LogP contribution in [0.15, 0.2) is 72.1 Å². The van der Waals surface area contributed by atoms with E-state index < -0.39 is 11.6 Å². The van der Waals surface area contributed by atoms with Crippen molar-refractivity contribution in [1.82, 2.24) is 0 Å². The Hall–Kier alpha value is -3.18. The summed E-state index contributed by atoms with van der Waals surface area (Å²) in [6.45, 7) is 3.88. The highest BCUT2D eigenvalue weighted by Gasteiger charge is 2.39. The lowest BCUT2D eigenvalue weighted by Gasteiger charge is -2.29. The Morgan fingerprint density at radius 2 is 1.65 bits per heavy atom. The lowest BCUT2D eigenvalue weighted by molar-refractivity contribution is -0.163. The first kappa shape index (κ1) is 22.6. The highest BCUT2D eigenvalue weighted by Crippen LogP contribution is 2.43. The summed E-state index contributed by atoms with van der Waals surface area (Å²) >= 11 is 0. The molecule has 34 heavy (non-hydrogen) atoms. The topological polar surface area (TPSA) is 35.5 Å². The molecule has 0 N–H and O–H groups in total. The van der Waals surface area contributed by atoms with Crippen LogP contribution >= 0.6 is 10.5 Å². The predicted molar refractivity (Wildman–Crippen MR) is 135 cm³/mol. The third-order valence-electron chi connectivity index (χ3n) is 6.65. The normalized spacial score (nSPS) is 15.4. The number of esters is 1. The summed E-state index contributed by atoms with van der Waals surface area (Å²) in [5, 5.41) is 3.53. The summed E-state index contributed by atoms with van der Waals surface area (Å²) < 4.78 is 26.7. The maximum absolute atomic E-state index is 13.4. The number of rotatable bonds is 6. The Balaban J connectivity index is 1.32. The van der Waals surface area contributed by atoms with Gasteiger partial charge in [-0.3, -0.25) is 0 Å². The summed E-state index contributed by atoms with van der Waals surface area (Å²) in [7, 11) is -0.0935. The molecule has 3 nitrogen and oxygen atoms in total. The molecule has 1 unspecified atom stereocenters. The molecule has 0 bridgehead atoms. The summed E-state index contributed by atoms with van der Waals surface area (Å²) in [4.78, 5) is 14.1. The molecule has 0 saturated heterocycles. The molecule has 0 aliphatic heterocycles. The monoisotopic (exact) mass is 475 g/mol. The Morgan fingerprint density at radius 3 is 2.35 bits per heavy atom. The van der Waals surface area contributed by atoms with Crippen LogP contribution in [0.3, 0.4) is 0 Å². The van der Waals surface area contributed by atoms with Crippen LogP contribution in [0.4, 0.5) is 4.39 Å². The van der Waals surface area contributed by atoms with Crippen molar-refractivity contribution in [3.05, 3.63) is 94.6 Å². The van der Waals surface area contributed by atoms with E-state index in [4.69, 9.17) is 9.47 Å². The number of halogens is 1. The van der Waals surface area contributed by atoms with Crippen molar-refractivity contribution < 1.29 is 18.7 Å². The van der Waals surface area contributed by atoms with Crippen LogP contribution in [0.1, 0.15) is 42.4 Å².